The number of aliphatic hydroxyl groups is 1. The summed E-state index contributed by atoms with van der Waals surface area (Å²) in [5, 5.41) is 17.5. The molecule has 0 spiro atoms. The van der Waals surface area contributed by atoms with Crippen LogP contribution in [0.15, 0.2) is 12.4 Å². The molecule has 134 valence electrons. The summed E-state index contributed by atoms with van der Waals surface area (Å²) < 4.78 is 1.77. The highest BCUT2D eigenvalue weighted by Crippen LogP contribution is 2.25. The Balaban J connectivity index is 1.37. The molecule has 1 saturated heterocycles. The lowest BCUT2D eigenvalue weighted by Gasteiger charge is -2.41. The van der Waals surface area contributed by atoms with Crippen LogP contribution < -0.4 is 5.32 Å². The van der Waals surface area contributed by atoms with Crippen molar-refractivity contribution in [3.8, 4) is 0 Å². The van der Waals surface area contributed by atoms with E-state index in [1.165, 1.54) is 6.42 Å². The predicted molar refractivity (Wildman–Crippen MR) is 92.5 cm³/mol. The lowest BCUT2D eigenvalue weighted by molar-refractivity contribution is -0.122. The summed E-state index contributed by atoms with van der Waals surface area (Å²) >= 11 is 0. The number of hydrogen-bond donors (Lipinski definition) is 2. The molecule has 2 unspecified atom stereocenters. The Labute approximate surface area is 144 Å². The minimum Gasteiger partial charge on any atom is -0.391 e. The van der Waals surface area contributed by atoms with E-state index in [9.17, 15) is 9.90 Å². The second-order valence-corrected chi connectivity index (χ2v) is 7.32. The Bertz CT molecular complexity index is 537. The molecule has 0 aromatic carbocycles. The van der Waals surface area contributed by atoms with Crippen molar-refractivity contribution in [1.29, 1.82) is 0 Å². The minimum absolute atomic E-state index is 0.134. The van der Waals surface area contributed by atoms with Gasteiger partial charge in [0, 0.05) is 44.8 Å². The van der Waals surface area contributed by atoms with Crippen molar-refractivity contribution < 1.29 is 9.90 Å². The number of aliphatic hydroxyl groups excluding tert-OH is 1. The van der Waals surface area contributed by atoms with E-state index in [2.05, 4.69) is 15.3 Å². The van der Waals surface area contributed by atoms with Gasteiger partial charge in [-0.05, 0) is 37.7 Å². The molecule has 2 N–H and O–H groups in total. The second-order valence-electron chi connectivity index (χ2n) is 7.32. The lowest BCUT2D eigenvalue weighted by atomic mass is 9.89. The van der Waals surface area contributed by atoms with Gasteiger partial charge in [-0.25, -0.2) is 0 Å². The third kappa shape index (κ3) is 4.57. The van der Waals surface area contributed by atoms with Crippen LogP contribution in [0.2, 0.25) is 0 Å². The Morgan fingerprint density at radius 1 is 1.29 bits per heavy atom. The van der Waals surface area contributed by atoms with E-state index >= 15 is 0 Å². The number of nitrogens with one attached hydrogen (secondary N) is 1. The minimum atomic E-state index is -0.163. The summed E-state index contributed by atoms with van der Waals surface area (Å²) in [6, 6.07) is 0.615. The number of rotatable bonds is 5. The van der Waals surface area contributed by atoms with Crippen molar-refractivity contribution in [3.05, 3.63) is 18.0 Å². The van der Waals surface area contributed by atoms with Gasteiger partial charge < -0.3 is 10.4 Å². The SMILES string of the molecule is Cn1cc(CCC(=O)NC2CCN(C3CCCCC3O)CC2)cn1. The van der Waals surface area contributed by atoms with Gasteiger partial charge in [-0.3, -0.25) is 14.4 Å². The average molecular weight is 334 g/mol. The molecule has 1 aromatic heterocycles. The van der Waals surface area contributed by atoms with Crippen LogP contribution in [0, 0.1) is 0 Å². The number of carbonyl (C=O) groups is 1. The van der Waals surface area contributed by atoms with Gasteiger partial charge in [0.1, 0.15) is 0 Å². The number of nitrogens with zero attached hydrogens (tertiary/aromatic N) is 3. The fourth-order valence-corrected chi connectivity index (χ4v) is 4.05. The van der Waals surface area contributed by atoms with E-state index in [1.807, 2.05) is 19.4 Å². The molecule has 0 radical (unpaired) electrons. The van der Waals surface area contributed by atoms with Crippen molar-refractivity contribution in [3.63, 3.8) is 0 Å². The fraction of sp³-hybridized carbons (Fsp3) is 0.778. The van der Waals surface area contributed by atoms with E-state index in [-0.39, 0.29) is 18.1 Å². The summed E-state index contributed by atoms with van der Waals surface area (Å²) in [5.41, 5.74) is 1.11. The smallest absolute Gasteiger partial charge is 0.220 e. The van der Waals surface area contributed by atoms with Gasteiger partial charge in [-0.15, -0.1) is 0 Å². The molecule has 2 atom stereocenters. The van der Waals surface area contributed by atoms with Gasteiger partial charge in [0.15, 0.2) is 0 Å². The summed E-state index contributed by atoms with van der Waals surface area (Å²) in [6.45, 7) is 1.96. The first-order chi connectivity index (χ1) is 11.6. The van der Waals surface area contributed by atoms with Gasteiger partial charge in [0.25, 0.3) is 0 Å². The maximum Gasteiger partial charge on any atom is 0.220 e. The van der Waals surface area contributed by atoms with Gasteiger partial charge in [0.05, 0.1) is 12.3 Å². The molecule has 0 bridgehead atoms. The lowest BCUT2D eigenvalue weighted by Crippen LogP contribution is -2.52. The molecule has 1 aromatic rings. The van der Waals surface area contributed by atoms with Crippen molar-refractivity contribution in [2.24, 2.45) is 7.05 Å². The Morgan fingerprint density at radius 3 is 2.71 bits per heavy atom. The fourth-order valence-electron chi connectivity index (χ4n) is 4.05. The van der Waals surface area contributed by atoms with Crippen LogP contribution in [0.25, 0.3) is 0 Å². The van der Waals surface area contributed by atoms with Crippen LogP contribution in [-0.4, -0.2) is 57.0 Å². The van der Waals surface area contributed by atoms with Crippen molar-refractivity contribution in [1.82, 2.24) is 20.0 Å². The van der Waals surface area contributed by atoms with Crippen molar-refractivity contribution >= 4 is 5.91 Å². The largest absolute Gasteiger partial charge is 0.391 e. The third-order valence-corrected chi connectivity index (χ3v) is 5.46. The summed E-state index contributed by atoms with van der Waals surface area (Å²) in [5.74, 6) is 0.134. The molecule has 1 aliphatic heterocycles. The number of hydrogen-bond acceptors (Lipinski definition) is 4. The molecule has 1 aliphatic carbocycles. The van der Waals surface area contributed by atoms with Gasteiger partial charge >= 0.3 is 0 Å². The van der Waals surface area contributed by atoms with Crippen LogP contribution in [0.5, 0.6) is 0 Å². The summed E-state index contributed by atoms with van der Waals surface area (Å²) in [4.78, 5) is 14.6. The van der Waals surface area contributed by atoms with Crippen LogP contribution in [-0.2, 0) is 18.3 Å². The van der Waals surface area contributed by atoms with Gasteiger partial charge in [-0.2, -0.15) is 5.10 Å². The highest BCUT2D eigenvalue weighted by molar-refractivity contribution is 5.76. The van der Waals surface area contributed by atoms with E-state index in [4.69, 9.17) is 0 Å². The standard InChI is InChI=1S/C18H30N4O2/c1-21-13-14(12-19-21)6-7-18(24)20-15-8-10-22(11-9-15)16-4-2-3-5-17(16)23/h12-13,15-17,23H,2-11H2,1H3,(H,20,24). The normalized spacial score (nSPS) is 26.4. The van der Waals surface area contributed by atoms with Crippen LogP contribution >= 0.6 is 0 Å². The number of carbonyl (C=O) groups excluding carboxylic acids is 1. The maximum atomic E-state index is 12.1. The van der Waals surface area contributed by atoms with Crippen molar-refractivity contribution in [2.45, 2.75) is 69.6 Å². The molecule has 1 saturated carbocycles. The molecule has 24 heavy (non-hydrogen) atoms. The number of amides is 1. The molecule has 1 amide bonds. The van der Waals surface area contributed by atoms with Crippen LogP contribution in [0.1, 0.15) is 50.5 Å². The predicted octanol–water partition coefficient (Wildman–Crippen LogP) is 1.24. The first-order valence-electron chi connectivity index (χ1n) is 9.31. The number of likely N-dealkylation sites (tertiary alicyclic amines) is 1. The van der Waals surface area contributed by atoms with E-state index in [1.54, 1.807) is 4.68 Å². The molecule has 3 rings (SSSR count). The Hall–Kier alpha value is -1.40. The highest BCUT2D eigenvalue weighted by Gasteiger charge is 2.31. The number of aromatic nitrogens is 2. The molecule has 6 nitrogen and oxygen atoms in total. The topological polar surface area (TPSA) is 70.4 Å². The zero-order valence-corrected chi connectivity index (χ0v) is 14.7. The van der Waals surface area contributed by atoms with Crippen LogP contribution in [0.3, 0.4) is 0 Å². The summed E-state index contributed by atoms with van der Waals surface area (Å²) in [6.07, 6.45) is 11.3. The monoisotopic (exact) mass is 334 g/mol. The van der Waals surface area contributed by atoms with Gasteiger partial charge in [0.2, 0.25) is 5.91 Å². The molecule has 2 heterocycles. The van der Waals surface area contributed by atoms with E-state index in [0.29, 0.717) is 12.5 Å². The molecule has 2 fully saturated rings. The zero-order valence-electron chi connectivity index (χ0n) is 14.7. The number of aryl methyl sites for hydroxylation is 2. The zero-order chi connectivity index (χ0) is 16.9. The number of piperidine rings is 1. The molecular formula is C18H30N4O2. The third-order valence-electron chi connectivity index (χ3n) is 5.46. The average Bonchev–Trinajstić information content (AvgIpc) is 3.00. The quantitative estimate of drug-likeness (QED) is 0.850. The molecular weight excluding hydrogens is 304 g/mol. The highest BCUT2D eigenvalue weighted by atomic mass is 16.3. The second kappa shape index (κ2) is 8.12. The Morgan fingerprint density at radius 2 is 2.04 bits per heavy atom. The first kappa shape index (κ1) is 17.4. The van der Waals surface area contributed by atoms with Crippen molar-refractivity contribution in [2.75, 3.05) is 13.1 Å². The summed E-state index contributed by atoms with van der Waals surface area (Å²) in [7, 11) is 1.89. The van der Waals surface area contributed by atoms with Gasteiger partial charge in [-0.1, -0.05) is 12.8 Å². The Kier molecular flexibility index (Phi) is 5.89. The first-order valence-corrected chi connectivity index (χ1v) is 9.31. The van der Waals surface area contributed by atoms with E-state index in [0.717, 1.165) is 57.2 Å². The van der Waals surface area contributed by atoms with Crippen LogP contribution in [0.4, 0.5) is 0 Å². The molecule has 2 aliphatic rings. The molecule has 6 heteroatoms. The maximum absolute atomic E-state index is 12.1. The van der Waals surface area contributed by atoms with E-state index < -0.39 is 0 Å².